The molecule has 146 valence electrons. The molecule has 3 fully saturated rings. The van der Waals surface area contributed by atoms with E-state index in [2.05, 4.69) is 10.2 Å². The van der Waals surface area contributed by atoms with Gasteiger partial charge in [0.25, 0.3) is 0 Å². The van der Waals surface area contributed by atoms with Crippen molar-refractivity contribution in [1.29, 1.82) is 0 Å². The lowest BCUT2D eigenvalue weighted by Gasteiger charge is -2.47. The molecule has 2 heterocycles. The lowest BCUT2D eigenvalue weighted by atomic mass is 9.72. The lowest BCUT2D eigenvalue weighted by Crippen LogP contribution is -2.53. The third-order valence-electron chi connectivity index (χ3n) is 6.75. The number of nitrogens with one attached hydrogen (secondary N) is 1. The average molecular weight is 370 g/mol. The Bertz CT molecular complexity index is 713. The topological polar surface area (TPSA) is 52.7 Å². The van der Waals surface area contributed by atoms with Crippen LogP contribution in [0.3, 0.4) is 0 Å². The van der Waals surface area contributed by atoms with Crippen molar-refractivity contribution >= 4 is 17.6 Å². The number of carbonyl (C=O) groups excluding carboxylic acids is 2. The lowest BCUT2D eigenvalue weighted by molar-refractivity contribution is -0.139. The van der Waals surface area contributed by atoms with Crippen LogP contribution in [0.25, 0.3) is 0 Å². The Hall–Kier alpha value is -2.04. The van der Waals surface area contributed by atoms with Crippen LogP contribution in [0, 0.1) is 25.2 Å². The van der Waals surface area contributed by atoms with Gasteiger partial charge in [-0.2, -0.15) is 0 Å². The number of benzene rings is 1. The van der Waals surface area contributed by atoms with Crippen molar-refractivity contribution in [3.63, 3.8) is 0 Å². The molecule has 1 saturated carbocycles. The minimum atomic E-state index is 0.00368. The molecule has 5 nitrogen and oxygen atoms in total. The molecule has 4 rings (SSSR count). The van der Waals surface area contributed by atoms with E-state index in [1.807, 2.05) is 36.9 Å². The molecule has 1 aromatic rings. The highest BCUT2D eigenvalue weighted by molar-refractivity contribution is 5.91. The molecule has 2 aliphatic heterocycles. The molecule has 1 aromatic carbocycles. The highest BCUT2D eigenvalue weighted by Crippen LogP contribution is 2.42. The van der Waals surface area contributed by atoms with E-state index < -0.39 is 0 Å². The summed E-state index contributed by atoms with van der Waals surface area (Å²) in [5.74, 6) is 1.08. The second kappa shape index (κ2) is 7.17. The summed E-state index contributed by atoms with van der Waals surface area (Å²) < 4.78 is 0. The number of urea groups is 1. The van der Waals surface area contributed by atoms with E-state index in [1.54, 1.807) is 0 Å². The van der Waals surface area contributed by atoms with Gasteiger partial charge in [-0.3, -0.25) is 4.79 Å². The van der Waals surface area contributed by atoms with Gasteiger partial charge in [0, 0.05) is 38.3 Å². The monoisotopic (exact) mass is 369 g/mol. The number of rotatable bonds is 3. The number of hydrogen-bond acceptors (Lipinski definition) is 2. The van der Waals surface area contributed by atoms with Crippen molar-refractivity contribution in [3.8, 4) is 0 Å². The average Bonchev–Trinajstić information content (AvgIpc) is 3.46. The molecule has 1 N–H and O–H groups in total. The number of nitrogens with zero attached hydrogens (tertiary/aromatic N) is 2. The summed E-state index contributed by atoms with van der Waals surface area (Å²) in [6.45, 7) is 7.47. The summed E-state index contributed by atoms with van der Waals surface area (Å²) in [5, 5.41) is 3.11. The van der Waals surface area contributed by atoms with Gasteiger partial charge in [-0.25, -0.2) is 4.79 Å². The van der Waals surface area contributed by atoms with Crippen LogP contribution >= 0.6 is 0 Å². The maximum absolute atomic E-state index is 12.8. The molecule has 0 aromatic heterocycles. The fourth-order valence-corrected chi connectivity index (χ4v) is 4.67. The predicted molar refractivity (Wildman–Crippen MR) is 107 cm³/mol. The molecular formula is C22H31N3O2. The van der Waals surface area contributed by atoms with Crippen LogP contribution in [-0.4, -0.2) is 47.9 Å². The van der Waals surface area contributed by atoms with Gasteiger partial charge < -0.3 is 15.1 Å². The van der Waals surface area contributed by atoms with Crippen LogP contribution in [0.15, 0.2) is 18.2 Å². The number of para-hydroxylation sites is 1. The molecule has 27 heavy (non-hydrogen) atoms. The summed E-state index contributed by atoms with van der Waals surface area (Å²) in [6.07, 6.45) is 6.23. The summed E-state index contributed by atoms with van der Waals surface area (Å²) >= 11 is 0. The smallest absolute Gasteiger partial charge is 0.321 e. The van der Waals surface area contributed by atoms with Gasteiger partial charge >= 0.3 is 6.03 Å². The van der Waals surface area contributed by atoms with E-state index in [4.69, 9.17) is 0 Å². The van der Waals surface area contributed by atoms with E-state index in [-0.39, 0.29) is 11.4 Å². The molecule has 1 aliphatic carbocycles. The van der Waals surface area contributed by atoms with Crippen molar-refractivity contribution < 1.29 is 9.59 Å². The predicted octanol–water partition coefficient (Wildman–Crippen LogP) is 3.95. The number of amides is 3. The summed E-state index contributed by atoms with van der Waals surface area (Å²) in [4.78, 5) is 29.1. The molecule has 0 atom stereocenters. The van der Waals surface area contributed by atoms with E-state index in [0.717, 1.165) is 68.2 Å². The SMILES string of the molecule is Cc1cccc(C)c1NC(=O)N1CCC2(CCC(=O)N(CC3CC3)C2)CC1. The number of carbonyl (C=O) groups is 2. The summed E-state index contributed by atoms with van der Waals surface area (Å²) in [6, 6.07) is 6.08. The number of anilines is 1. The standard InChI is InChI=1S/C22H31N3O2/c1-16-4-3-5-17(2)20(16)23-21(27)24-12-10-22(11-13-24)9-8-19(26)25(15-22)14-18-6-7-18/h3-5,18H,6-15H2,1-2H3,(H,23,27). The van der Waals surface area contributed by atoms with Gasteiger partial charge in [-0.15, -0.1) is 0 Å². The van der Waals surface area contributed by atoms with Crippen LogP contribution in [-0.2, 0) is 4.79 Å². The fourth-order valence-electron chi connectivity index (χ4n) is 4.67. The zero-order valence-electron chi connectivity index (χ0n) is 16.6. The van der Waals surface area contributed by atoms with Crippen molar-refractivity contribution in [2.75, 3.05) is 31.5 Å². The third kappa shape index (κ3) is 3.97. The summed E-state index contributed by atoms with van der Waals surface area (Å²) in [7, 11) is 0. The first kappa shape index (κ1) is 18.3. The van der Waals surface area contributed by atoms with Gasteiger partial charge in [0.15, 0.2) is 0 Å². The minimum absolute atomic E-state index is 0.00368. The first-order valence-electron chi connectivity index (χ1n) is 10.4. The normalized spacial score (nSPS) is 22.2. The van der Waals surface area contributed by atoms with Gasteiger partial charge in [-0.1, -0.05) is 18.2 Å². The van der Waals surface area contributed by atoms with E-state index in [0.29, 0.717) is 12.3 Å². The van der Waals surface area contributed by atoms with E-state index in [1.165, 1.54) is 12.8 Å². The first-order chi connectivity index (χ1) is 13.0. The molecule has 0 bridgehead atoms. The minimum Gasteiger partial charge on any atom is -0.342 e. The molecule has 5 heteroatoms. The highest BCUT2D eigenvalue weighted by Gasteiger charge is 2.42. The number of hydrogen-bond donors (Lipinski definition) is 1. The maximum Gasteiger partial charge on any atom is 0.321 e. The number of likely N-dealkylation sites (tertiary alicyclic amines) is 2. The molecule has 2 saturated heterocycles. The van der Waals surface area contributed by atoms with Gasteiger partial charge in [0.1, 0.15) is 0 Å². The highest BCUT2D eigenvalue weighted by atomic mass is 16.2. The Morgan fingerprint density at radius 1 is 1.15 bits per heavy atom. The van der Waals surface area contributed by atoms with Gasteiger partial charge in [0.05, 0.1) is 0 Å². The Balaban J connectivity index is 1.35. The van der Waals surface area contributed by atoms with Crippen LogP contribution in [0.1, 0.15) is 49.7 Å². The number of piperidine rings is 2. The van der Waals surface area contributed by atoms with Gasteiger partial charge in [0.2, 0.25) is 5.91 Å². The Kier molecular flexibility index (Phi) is 4.87. The van der Waals surface area contributed by atoms with Crippen molar-refractivity contribution in [2.24, 2.45) is 11.3 Å². The second-order valence-corrected chi connectivity index (χ2v) is 8.90. The third-order valence-corrected chi connectivity index (χ3v) is 6.75. The second-order valence-electron chi connectivity index (χ2n) is 8.90. The Morgan fingerprint density at radius 3 is 2.44 bits per heavy atom. The summed E-state index contributed by atoms with van der Waals surface area (Å²) in [5.41, 5.74) is 3.34. The van der Waals surface area contributed by atoms with Crippen molar-refractivity contribution in [1.82, 2.24) is 9.80 Å². The zero-order valence-corrected chi connectivity index (χ0v) is 16.6. The molecular weight excluding hydrogens is 338 g/mol. The fraction of sp³-hybridized carbons (Fsp3) is 0.636. The molecule has 1 spiro atoms. The zero-order chi connectivity index (χ0) is 19.0. The van der Waals surface area contributed by atoms with E-state index >= 15 is 0 Å². The van der Waals surface area contributed by atoms with Crippen LogP contribution in [0.5, 0.6) is 0 Å². The Labute approximate surface area is 162 Å². The first-order valence-corrected chi connectivity index (χ1v) is 10.4. The quantitative estimate of drug-likeness (QED) is 0.877. The largest absolute Gasteiger partial charge is 0.342 e. The maximum atomic E-state index is 12.8. The number of aryl methyl sites for hydroxylation is 2. The van der Waals surface area contributed by atoms with Crippen LogP contribution < -0.4 is 5.32 Å². The van der Waals surface area contributed by atoms with E-state index in [9.17, 15) is 9.59 Å². The molecule has 0 unspecified atom stereocenters. The Morgan fingerprint density at radius 2 is 1.81 bits per heavy atom. The molecule has 3 amide bonds. The molecule has 3 aliphatic rings. The van der Waals surface area contributed by atoms with Gasteiger partial charge in [-0.05, 0) is 68.4 Å². The van der Waals surface area contributed by atoms with Crippen LogP contribution in [0.4, 0.5) is 10.5 Å². The molecule has 0 radical (unpaired) electrons. The van der Waals surface area contributed by atoms with Crippen molar-refractivity contribution in [2.45, 2.75) is 52.4 Å². The van der Waals surface area contributed by atoms with Crippen molar-refractivity contribution in [3.05, 3.63) is 29.3 Å². The van der Waals surface area contributed by atoms with Crippen LogP contribution in [0.2, 0.25) is 0 Å².